The molecule has 0 aliphatic carbocycles. The Morgan fingerprint density at radius 1 is 1.19 bits per heavy atom. The third-order valence-electron chi connectivity index (χ3n) is 5.00. The molecule has 1 unspecified atom stereocenters. The van der Waals surface area contributed by atoms with Crippen LogP contribution in [0.15, 0.2) is 48.5 Å². The molecule has 0 radical (unpaired) electrons. The number of hydrogen-bond acceptors (Lipinski definition) is 2. The molecule has 2 aromatic carbocycles. The number of rotatable bonds is 6. The molecule has 1 N–H and O–H groups in total. The second kappa shape index (κ2) is 8.15. The number of amides is 1. The van der Waals surface area contributed by atoms with Crippen molar-refractivity contribution in [3.8, 4) is 0 Å². The molecule has 0 spiro atoms. The predicted molar refractivity (Wildman–Crippen MR) is 112 cm³/mol. The van der Waals surface area contributed by atoms with E-state index in [0.717, 1.165) is 35.0 Å². The maximum Gasteiger partial charge on any atom is 0.268 e. The first-order chi connectivity index (χ1) is 12.9. The molecule has 4 nitrogen and oxygen atoms in total. The van der Waals surface area contributed by atoms with Gasteiger partial charge in [0.2, 0.25) is 0 Å². The Balaban J connectivity index is 1.93. The Morgan fingerprint density at radius 3 is 2.56 bits per heavy atom. The first-order valence-corrected chi connectivity index (χ1v) is 9.51. The van der Waals surface area contributed by atoms with Crippen molar-refractivity contribution in [1.29, 1.82) is 0 Å². The van der Waals surface area contributed by atoms with Crippen LogP contribution in [-0.2, 0) is 7.05 Å². The van der Waals surface area contributed by atoms with E-state index in [1.54, 1.807) is 0 Å². The molecule has 0 aliphatic heterocycles. The van der Waals surface area contributed by atoms with Gasteiger partial charge in [-0.2, -0.15) is 0 Å². The fourth-order valence-corrected chi connectivity index (χ4v) is 3.72. The van der Waals surface area contributed by atoms with Crippen molar-refractivity contribution in [1.82, 2.24) is 14.8 Å². The van der Waals surface area contributed by atoms with E-state index in [-0.39, 0.29) is 11.9 Å². The second-order valence-corrected chi connectivity index (χ2v) is 7.66. The molecule has 1 aromatic heterocycles. The number of nitrogens with zero attached hydrogens (tertiary/aromatic N) is 2. The predicted octanol–water partition coefficient (Wildman–Crippen LogP) is 4.56. The lowest BCUT2D eigenvalue weighted by Gasteiger charge is -2.21. The summed E-state index contributed by atoms with van der Waals surface area (Å²) in [5.74, 6) is -0.0602. The highest BCUT2D eigenvalue weighted by atomic mass is 35.5. The molecule has 0 aliphatic rings. The van der Waals surface area contributed by atoms with Crippen LogP contribution in [0.1, 0.15) is 34.1 Å². The van der Waals surface area contributed by atoms with Gasteiger partial charge in [0.25, 0.3) is 5.91 Å². The molecule has 1 heterocycles. The van der Waals surface area contributed by atoms with E-state index in [2.05, 4.69) is 22.3 Å². The number of carbonyl (C=O) groups is 1. The molecule has 3 rings (SSSR count). The van der Waals surface area contributed by atoms with E-state index in [1.807, 2.05) is 69.0 Å². The molecule has 0 saturated carbocycles. The van der Waals surface area contributed by atoms with Crippen LogP contribution in [0.5, 0.6) is 0 Å². The molecule has 0 fully saturated rings. The lowest BCUT2D eigenvalue weighted by atomic mass is 10.0. The van der Waals surface area contributed by atoms with Crippen LogP contribution in [0.2, 0.25) is 5.02 Å². The molecule has 0 bridgehead atoms. The SMILES string of the molecule is Cc1c(C(=O)NC(CCN(C)C)c2ccccc2)n(C)c2ccc(Cl)cc12. The zero-order valence-electron chi connectivity index (χ0n) is 16.3. The molecule has 1 amide bonds. The highest BCUT2D eigenvalue weighted by Crippen LogP contribution is 2.28. The molecule has 27 heavy (non-hydrogen) atoms. The number of benzene rings is 2. The number of halogens is 1. The molecule has 1 atom stereocenters. The van der Waals surface area contributed by atoms with Crippen molar-refractivity contribution in [2.75, 3.05) is 20.6 Å². The van der Waals surface area contributed by atoms with Crippen molar-refractivity contribution >= 4 is 28.4 Å². The first kappa shape index (κ1) is 19.5. The molecule has 0 saturated heterocycles. The summed E-state index contributed by atoms with van der Waals surface area (Å²) in [7, 11) is 6.01. The van der Waals surface area contributed by atoms with Crippen LogP contribution < -0.4 is 5.32 Å². The maximum absolute atomic E-state index is 13.2. The number of nitrogens with one attached hydrogen (secondary N) is 1. The summed E-state index contributed by atoms with van der Waals surface area (Å²) in [6.45, 7) is 2.87. The van der Waals surface area contributed by atoms with E-state index in [4.69, 9.17) is 11.6 Å². The van der Waals surface area contributed by atoms with Gasteiger partial charge >= 0.3 is 0 Å². The second-order valence-electron chi connectivity index (χ2n) is 7.22. The highest BCUT2D eigenvalue weighted by molar-refractivity contribution is 6.31. The Labute approximate surface area is 165 Å². The van der Waals surface area contributed by atoms with Crippen molar-refractivity contribution in [3.05, 3.63) is 70.4 Å². The van der Waals surface area contributed by atoms with Gasteiger partial charge in [0.05, 0.1) is 6.04 Å². The normalized spacial score (nSPS) is 12.5. The zero-order chi connectivity index (χ0) is 19.6. The summed E-state index contributed by atoms with van der Waals surface area (Å²) < 4.78 is 1.95. The van der Waals surface area contributed by atoms with Gasteiger partial charge in [0, 0.05) is 23.0 Å². The average molecular weight is 384 g/mol. The highest BCUT2D eigenvalue weighted by Gasteiger charge is 2.22. The largest absolute Gasteiger partial charge is 0.344 e. The Bertz CT molecular complexity index is 947. The smallest absolute Gasteiger partial charge is 0.268 e. The molecule has 3 aromatic rings. The lowest BCUT2D eigenvalue weighted by Crippen LogP contribution is -2.32. The van der Waals surface area contributed by atoms with E-state index in [0.29, 0.717) is 10.7 Å². The van der Waals surface area contributed by atoms with Crippen molar-refractivity contribution in [2.45, 2.75) is 19.4 Å². The third kappa shape index (κ3) is 4.18. The zero-order valence-corrected chi connectivity index (χ0v) is 17.0. The summed E-state index contributed by atoms with van der Waals surface area (Å²) >= 11 is 6.15. The van der Waals surface area contributed by atoms with E-state index in [9.17, 15) is 4.79 Å². The summed E-state index contributed by atoms with van der Waals surface area (Å²) in [6, 6.07) is 15.8. The van der Waals surface area contributed by atoms with E-state index < -0.39 is 0 Å². The average Bonchev–Trinajstić information content (AvgIpc) is 2.89. The number of hydrogen-bond donors (Lipinski definition) is 1. The van der Waals surface area contributed by atoms with E-state index >= 15 is 0 Å². The van der Waals surface area contributed by atoms with Gasteiger partial charge in [-0.15, -0.1) is 0 Å². The van der Waals surface area contributed by atoms with Crippen LogP contribution in [0, 0.1) is 6.92 Å². The maximum atomic E-state index is 13.2. The van der Waals surface area contributed by atoms with Crippen LogP contribution in [0.25, 0.3) is 10.9 Å². The quantitative estimate of drug-likeness (QED) is 0.677. The van der Waals surface area contributed by atoms with Gasteiger partial charge < -0.3 is 14.8 Å². The van der Waals surface area contributed by atoms with Crippen LogP contribution in [0.4, 0.5) is 0 Å². The monoisotopic (exact) mass is 383 g/mol. The minimum atomic E-state index is -0.0602. The number of aryl methyl sites for hydroxylation is 2. The minimum Gasteiger partial charge on any atom is -0.344 e. The van der Waals surface area contributed by atoms with Gasteiger partial charge in [0.15, 0.2) is 0 Å². The first-order valence-electron chi connectivity index (χ1n) is 9.13. The van der Waals surface area contributed by atoms with Crippen LogP contribution in [-0.4, -0.2) is 36.0 Å². The summed E-state index contributed by atoms with van der Waals surface area (Å²) in [5.41, 5.74) is 3.75. The van der Waals surface area contributed by atoms with Gasteiger partial charge in [0.1, 0.15) is 5.69 Å². The van der Waals surface area contributed by atoms with Crippen LogP contribution >= 0.6 is 11.6 Å². The molecular formula is C22H26ClN3O. The number of carbonyl (C=O) groups excluding carboxylic acids is 1. The number of fused-ring (bicyclic) bond motifs is 1. The van der Waals surface area contributed by atoms with Gasteiger partial charge in [-0.05, 0) is 63.3 Å². The summed E-state index contributed by atoms with van der Waals surface area (Å²) in [4.78, 5) is 15.3. The summed E-state index contributed by atoms with van der Waals surface area (Å²) in [5, 5.41) is 4.93. The summed E-state index contributed by atoms with van der Waals surface area (Å²) in [6.07, 6.45) is 0.845. The van der Waals surface area contributed by atoms with Crippen molar-refractivity contribution < 1.29 is 4.79 Å². The topological polar surface area (TPSA) is 37.3 Å². The van der Waals surface area contributed by atoms with Crippen molar-refractivity contribution in [2.24, 2.45) is 7.05 Å². The van der Waals surface area contributed by atoms with Gasteiger partial charge in [-0.3, -0.25) is 4.79 Å². The third-order valence-corrected chi connectivity index (χ3v) is 5.24. The molecule has 5 heteroatoms. The van der Waals surface area contributed by atoms with Crippen LogP contribution in [0.3, 0.4) is 0 Å². The lowest BCUT2D eigenvalue weighted by molar-refractivity contribution is 0.0924. The van der Waals surface area contributed by atoms with Gasteiger partial charge in [-0.1, -0.05) is 41.9 Å². The van der Waals surface area contributed by atoms with E-state index in [1.165, 1.54) is 0 Å². The standard InChI is InChI=1S/C22H26ClN3O/c1-15-18-14-17(23)10-11-20(18)26(4)21(15)22(27)24-19(12-13-25(2)3)16-8-6-5-7-9-16/h5-11,14,19H,12-13H2,1-4H3,(H,24,27). The van der Waals surface area contributed by atoms with Gasteiger partial charge in [-0.25, -0.2) is 0 Å². The molecule has 142 valence electrons. The fraction of sp³-hybridized carbons (Fsp3) is 0.318. The Morgan fingerprint density at radius 2 is 1.89 bits per heavy atom. The molecular weight excluding hydrogens is 358 g/mol. The Hall–Kier alpha value is -2.30. The fourth-order valence-electron chi connectivity index (χ4n) is 3.54. The number of aromatic nitrogens is 1. The minimum absolute atomic E-state index is 0.0397. The Kier molecular flexibility index (Phi) is 5.88. The van der Waals surface area contributed by atoms with Crippen molar-refractivity contribution in [3.63, 3.8) is 0 Å².